The molecular weight excluding hydrogens is 691 g/mol. The summed E-state index contributed by atoms with van der Waals surface area (Å²) >= 11 is 0. The van der Waals surface area contributed by atoms with Gasteiger partial charge in [0.15, 0.2) is 0 Å². The molecule has 3 nitrogen and oxygen atoms in total. The van der Waals surface area contributed by atoms with Crippen molar-refractivity contribution in [1.29, 1.82) is 0 Å². The Hall–Kier alpha value is -7.20. The minimum Gasteiger partial charge on any atom is -0.405 e. The summed E-state index contributed by atoms with van der Waals surface area (Å²) < 4.78 is 0. The summed E-state index contributed by atoms with van der Waals surface area (Å²) in [5, 5.41) is 2.57. The highest BCUT2D eigenvalue weighted by Crippen LogP contribution is 2.60. The van der Waals surface area contributed by atoms with Crippen molar-refractivity contribution in [3.05, 3.63) is 264 Å². The standard InChI is InChI=1S/C48H34.C6H11N3/c1-4-14-36(15-5-1)37-25-23-34(24-26-37)31-35-13-12-17-39(32-35)40-28-29-44-45-30-27-38-16-10-11-22-43(38)47(45)48(46(44)33-40)41-18-6-2-7-19-42(48)21-9-3-8-20-41;7-5-3-1-2-4-6-9-8/h1-30,32-33H,31H2;1-6,9H,7-8H2/b6-2-,7-2?,8-3?,9-3-,18-6?,19-7-,20-8-,21-9?,41-18-,41-20?,42-19?,42-21-;2-1-,5-3+,6-4-. The molecule has 1 spiro atoms. The molecule has 0 unspecified atom stereocenters. The van der Waals surface area contributed by atoms with E-state index in [4.69, 9.17) is 11.6 Å². The maximum atomic E-state index is 5.05. The summed E-state index contributed by atoms with van der Waals surface area (Å²) in [5.41, 5.74) is 22.4. The first-order valence-electron chi connectivity index (χ1n) is 19.4. The first kappa shape index (κ1) is 36.8. The lowest BCUT2D eigenvalue weighted by Crippen LogP contribution is -2.30. The fourth-order valence-corrected chi connectivity index (χ4v) is 8.29. The van der Waals surface area contributed by atoms with Gasteiger partial charge < -0.3 is 11.2 Å². The lowest BCUT2D eigenvalue weighted by atomic mass is 9.64. The molecule has 276 valence electrons. The van der Waals surface area contributed by atoms with E-state index >= 15 is 0 Å². The number of nitrogens with one attached hydrogen (secondary N) is 1. The van der Waals surface area contributed by atoms with Crippen molar-refractivity contribution in [2.45, 2.75) is 11.8 Å². The number of rotatable bonds is 7. The van der Waals surface area contributed by atoms with Crippen LogP contribution in [0.3, 0.4) is 0 Å². The number of hydrogen-bond donors (Lipinski definition) is 3. The van der Waals surface area contributed by atoms with E-state index in [1.165, 1.54) is 83.8 Å². The lowest BCUT2D eigenvalue weighted by Gasteiger charge is -2.37. The third kappa shape index (κ3) is 7.45. The molecule has 0 radical (unpaired) electrons. The smallest absolute Gasteiger partial charge is 0.0719 e. The van der Waals surface area contributed by atoms with Crippen LogP contribution in [-0.2, 0) is 11.8 Å². The van der Waals surface area contributed by atoms with Crippen LogP contribution in [0.4, 0.5) is 0 Å². The van der Waals surface area contributed by atoms with Gasteiger partial charge in [0.25, 0.3) is 0 Å². The monoisotopic (exact) mass is 735 g/mol. The maximum Gasteiger partial charge on any atom is 0.0719 e. The van der Waals surface area contributed by atoms with Crippen LogP contribution in [0.5, 0.6) is 0 Å². The molecule has 0 saturated carbocycles. The zero-order valence-corrected chi connectivity index (χ0v) is 31.8. The predicted octanol–water partition coefficient (Wildman–Crippen LogP) is 12.1. The van der Waals surface area contributed by atoms with E-state index in [9.17, 15) is 0 Å². The summed E-state index contributed by atoms with van der Waals surface area (Å²) in [6.07, 6.45) is 33.3. The minimum absolute atomic E-state index is 0.456. The van der Waals surface area contributed by atoms with Crippen molar-refractivity contribution in [3.8, 4) is 33.4 Å². The largest absolute Gasteiger partial charge is 0.405 e. The Kier molecular flexibility index (Phi) is 11.0. The van der Waals surface area contributed by atoms with Crippen LogP contribution in [0.2, 0.25) is 0 Å². The normalized spacial score (nSPS) is 18.8. The van der Waals surface area contributed by atoms with Crippen molar-refractivity contribution in [2.24, 2.45) is 11.6 Å². The molecule has 0 atom stereocenters. The molecule has 0 aromatic heterocycles. The van der Waals surface area contributed by atoms with Crippen LogP contribution in [0, 0.1) is 0 Å². The predicted molar refractivity (Wildman–Crippen MR) is 242 cm³/mol. The molecule has 3 heteroatoms. The first-order chi connectivity index (χ1) is 28.2. The number of nitrogens with two attached hydrogens (primary N) is 2. The molecule has 57 heavy (non-hydrogen) atoms. The topological polar surface area (TPSA) is 64.1 Å². The van der Waals surface area contributed by atoms with Crippen LogP contribution >= 0.6 is 0 Å². The number of fused-ring (bicyclic) bond motifs is 5. The summed E-state index contributed by atoms with van der Waals surface area (Å²) in [5.74, 6) is 4.93. The van der Waals surface area contributed by atoms with Gasteiger partial charge in [0, 0.05) is 6.20 Å². The molecule has 5 N–H and O–H groups in total. The highest BCUT2D eigenvalue weighted by atomic mass is 15.2. The lowest BCUT2D eigenvalue weighted by molar-refractivity contribution is 0.771. The molecule has 3 aliphatic carbocycles. The summed E-state index contributed by atoms with van der Waals surface area (Å²) in [6.45, 7) is 0. The summed E-state index contributed by atoms with van der Waals surface area (Å²) in [4.78, 5) is 0. The van der Waals surface area contributed by atoms with E-state index < -0.39 is 5.41 Å². The van der Waals surface area contributed by atoms with Gasteiger partial charge in [-0.05, 0) is 108 Å². The van der Waals surface area contributed by atoms with Crippen molar-refractivity contribution >= 4 is 10.8 Å². The molecular formula is C54H45N3. The van der Waals surface area contributed by atoms with E-state index in [1.807, 2.05) is 6.08 Å². The van der Waals surface area contributed by atoms with E-state index in [-0.39, 0.29) is 0 Å². The number of benzene rings is 6. The van der Waals surface area contributed by atoms with E-state index in [2.05, 4.69) is 200 Å². The van der Waals surface area contributed by atoms with Crippen LogP contribution < -0.4 is 17.0 Å². The molecule has 6 aromatic carbocycles. The second kappa shape index (κ2) is 17.1. The van der Waals surface area contributed by atoms with Crippen molar-refractivity contribution in [2.75, 3.05) is 0 Å². The number of allylic oxidation sites excluding steroid dienone is 16. The Morgan fingerprint density at radius 3 is 1.91 bits per heavy atom. The zero-order valence-electron chi connectivity index (χ0n) is 31.8. The second-order valence-electron chi connectivity index (χ2n) is 14.2. The Labute approximate surface area is 336 Å². The molecule has 6 aromatic rings. The molecule has 0 heterocycles. The highest BCUT2D eigenvalue weighted by Gasteiger charge is 2.48. The molecule has 0 saturated heterocycles. The van der Waals surface area contributed by atoms with Gasteiger partial charge in [-0.15, -0.1) is 0 Å². The van der Waals surface area contributed by atoms with Gasteiger partial charge >= 0.3 is 0 Å². The summed E-state index contributed by atoms with van der Waals surface area (Å²) in [6, 6.07) is 49.3. The first-order valence-corrected chi connectivity index (χ1v) is 19.4. The van der Waals surface area contributed by atoms with Crippen LogP contribution in [0.15, 0.2) is 242 Å². The number of hydrazine groups is 1. The average Bonchev–Trinajstić information content (AvgIpc) is 3.55. The fourth-order valence-electron chi connectivity index (χ4n) is 8.29. The van der Waals surface area contributed by atoms with Gasteiger partial charge in [0.2, 0.25) is 0 Å². The fraction of sp³-hybridized carbons (Fsp3) is 0.0370. The average molecular weight is 736 g/mol. The Morgan fingerprint density at radius 2 is 1.16 bits per heavy atom. The molecule has 0 aliphatic heterocycles. The minimum atomic E-state index is -0.456. The second-order valence-corrected chi connectivity index (χ2v) is 14.2. The third-order valence-electron chi connectivity index (χ3n) is 10.8. The third-order valence-corrected chi connectivity index (χ3v) is 10.8. The molecule has 0 amide bonds. The number of hydrogen-bond acceptors (Lipinski definition) is 3. The van der Waals surface area contributed by atoms with E-state index in [0.717, 1.165) is 6.42 Å². The quantitative estimate of drug-likeness (QED) is 0.0869. The van der Waals surface area contributed by atoms with Gasteiger partial charge in [0.1, 0.15) is 0 Å². The molecule has 2 bridgehead atoms. The van der Waals surface area contributed by atoms with Gasteiger partial charge in [-0.2, -0.15) is 0 Å². The summed E-state index contributed by atoms with van der Waals surface area (Å²) in [7, 11) is 0. The van der Waals surface area contributed by atoms with Gasteiger partial charge in [-0.25, -0.2) is 0 Å². The van der Waals surface area contributed by atoms with Gasteiger partial charge in [0.05, 0.1) is 5.41 Å². The van der Waals surface area contributed by atoms with Crippen LogP contribution in [0.25, 0.3) is 44.2 Å². The Balaban J connectivity index is 0.000000454. The van der Waals surface area contributed by atoms with Crippen LogP contribution in [-0.4, -0.2) is 0 Å². The van der Waals surface area contributed by atoms with E-state index in [1.54, 1.807) is 24.4 Å². The molecule has 3 aliphatic rings. The Bertz CT molecular complexity index is 2640. The zero-order chi connectivity index (χ0) is 38.9. The molecule has 0 fully saturated rings. The van der Waals surface area contributed by atoms with Crippen LogP contribution in [0.1, 0.15) is 22.3 Å². The van der Waals surface area contributed by atoms with Crippen molar-refractivity contribution in [1.82, 2.24) is 5.43 Å². The van der Waals surface area contributed by atoms with Gasteiger partial charge in [-0.1, -0.05) is 200 Å². The van der Waals surface area contributed by atoms with Crippen molar-refractivity contribution < 1.29 is 0 Å². The highest BCUT2D eigenvalue weighted by molar-refractivity contribution is 6.01. The maximum absolute atomic E-state index is 5.05. The van der Waals surface area contributed by atoms with Crippen molar-refractivity contribution in [3.63, 3.8) is 0 Å². The Morgan fingerprint density at radius 1 is 0.509 bits per heavy atom. The van der Waals surface area contributed by atoms with E-state index in [0.29, 0.717) is 0 Å². The molecule has 9 rings (SSSR count). The van der Waals surface area contributed by atoms with Gasteiger partial charge in [-0.3, -0.25) is 5.84 Å². The SMILES string of the molecule is C1=C\C=C2\C=C/C=C\C=C(\C=C/1)C21c2cc(-c3cccc(Cc4ccc(-c5ccccc5)cc4)c3)ccc2-c2ccc3ccccc3c21.N/C=C/C=C\C=C/NN.